The molecule has 1 aliphatic heterocycles. The number of nitrogens with one attached hydrogen (secondary N) is 1. The molecule has 0 aromatic carbocycles. The molecule has 0 radical (unpaired) electrons. The Morgan fingerprint density at radius 3 is 2.50 bits per heavy atom. The van der Waals surface area contributed by atoms with Gasteiger partial charge in [0.05, 0.1) is 12.7 Å². The first-order chi connectivity index (χ1) is 11.5. The van der Waals surface area contributed by atoms with Gasteiger partial charge in [0.1, 0.15) is 0 Å². The number of hydrogen-bond donors (Lipinski definition) is 2. The number of nitrogens with two attached hydrogens (primary N) is 1. The molecule has 1 saturated carbocycles. The molecule has 2 fully saturated rings. The Labute approximate surface area is 147 Å². The number of rotatable bonds is 8. The van der Waals surface area contributed by atoms with Crippen LogP contribution in [0.25, 0.3) is 0 Å². The van der Waals surface area contributed by atoms with Gasteiger partial charge in [0, 0.05) is 32.1 Å². The lowest BCUT2D eigenvalue weighted by Gasteiger charge is -2.37. The molecular formula is C19H37N3O2. The molecule has 3 N–H and O–H groups in total. The van der Waals surface area contributed by atoms with Crippen LogP contribution in [-0.2, 0) is 9.53 Å². The summed E-state index contributed by atoms with van der Waals surface area (Å²) >= 11 is 0. The molecule has 140 valence electrons. The Bertz CT molecular complexity index is 373. The summed E-state index contributed by atoms with van der Waals surface area (Å²) in [5.74, 6) is 0.212. The zero-order chi connectivity index (χ0) is 17.4. The van der Waals surface area contributed by atoms with E-state index in [0.717, 1.165) is 51.9 Å². The number of likely N-dealkylation sites (tertiary alicyclic amines) is 1. The van der Waals surface area contributed by atoms with Crippen molar-refractivity contribution in [2.24, 2.45) is 11.1 Å². The van der Waals surface area contributed by atoms with E-state index in [1.165, 1.54) is 19.3 Å². The lowest BCUT2D eigenvalue weighted by Crippen LogP contribution is -2.47. The molecule has 5 nitrogen and oxygen atoms in total. The smallest absolute Gasteiger partial charge is 0.220 e. The highest BCUT2D eigenvalue weighted by atomic mass is 16.5. The van der Waals surface area contributed by atoms with E-state index in [1.807, 2.05) is 0 Å². The molecule has 1 saturated heterocycles. The molecule has 0 bridgehead atoms. The second kappa shape index (κ2) is 9.73. The first-order valence-electron chi connectivity index (χ1n) is 9.86. The van der Waals surface area contributed by atoms with E-state index in [4.69, 9.17) is 10.5 Å². The third kappa shape index (κ3) is 6.34. The average molecular weight is 340 g/mol. The Morgan fingerprint density at radius 2 is 1.92 bits per heavy atom. The number of amides is 1. The third-order valence-electron chi connectivity index (χ3n) is 5.69. The molecule has 2 aliphatic rings. The fraction of sp³-hybridized carbons (Fsp3) is 0.947. The van der Waals surface area contributed by atoms with Crippen molar-refractivity contribution in [2.75, 3.05) is 32.8 Å². The number of carbonyl (C=O) groups is 1. The van der Waals surface area contributed by atoms with Crippen LogP contribution in [0.5, 0.6) is 0 Å². The molecule has 0 atom stereocenters. The van der Waals surface area contributed by atoms with Crippen molar-refractivity contribution in [1.29, 1.82) is 0 Å². The SMILES string of the molecule is CC(C)OCCN1CCC(NC(=O)CC2(CN)CCCCC2)CC1. The zero-order valence-electron chi connectivity index (χ0n) is 15.7. The molecule has 5 heteroatoms. The van der Waals surface area contributed by atoms with Gasteiger partial charge in [-0.1, -0.05) is 19.3 Å². The van der Waals surface area contributed by atoms with E-state index in [2.05, 4.69) is 24.1 Å². The van der Waals surface area contributed by atoms with Gasteiger partial charge in [0.25, 0.3) is 0 Å². The van der Waals surface area contributed by atoms with Gasteiger partial charge >= 0.3 is 0 Å². The largest absolute Gasteiger partial charge is 0.377 e. The monoisotopic (exact) mass is 339 g/mol. The molecule has 2 rings (SSSR count). The van der Waals surface area contributed by atoms with Crippen LogP contribution >= 0.6 is 0 Å². The summed E-state index contributed by atoms with van der Waals surface area (Å²) in [6.45, 7) is 8.69. The molecule has 1 heterocycles. The molecule has 0 spiro atoms. The Balaban J connectivity index is 1.66. The molecule has 1 amide bonds. The first-order valence-corrected chi connectivity index (χ1v) is 9.86. The second-order valence-corrected chi connectivity index (χ2v) is 8.04. The summed E-state index contributed by atoms with van der Waals surface area (Å²) in [6, 6.07) is 0.332. The predicted octanol–water partition coefficient (Wildman–Crippen LogP) is 2.29. The maximum atomic E-state index is 12.5. The van der Waals surface area contributed by atoms with Crippen LogP contribution in [0, 0.1) is 5.41 Å². The summed E-state index contributed by atoms with van der Waals surface area (Å²) in [5, 5.41) is 3.27. The van der Waals surface area contributed by atoms with Crippen molar-refractivity contribution in [3.8, 4) is 0 Å². The average Bonchev–Trinajstić information content (AvgIpc) is 2.57. The lowest BCUT2D eigenvalue weighted by molar-refractivity contribution is -0.125. The molecule has 1 aliphatic carbocycles. The first kappa shape index (κ1) is 19.7. The van der Waals surface area contributed by atoms with Crippen LogP contribution in [0.4, 0.5) is 0 Å². The molecular weight excluding hydrogens is 302 g/mol. The highest BCUT2D eigenvalue weighted by molar-refractivity contribution is 5.77. The molecule has 24 heavy (non-hydrogen) atoms. The number of nitrogens with zero attached hydrogens (tertiary/aromatic N) is 1. The fourth-order valence-corrected chi connectivity index (χ4v) is 4.09. The topological polar surface area (TPSA) is 67.6 Å². The van der Waals surface area contributed by atoms with Crippen molar-refractivity contribution in [1.82, 2.24) is 10.2 Å². The van der Waals surface area contributed by atoms with Crippen molar-refractivity contribution in [3.05, 3.63) is 0 Å². The van der Waals surface area contributed by atoms with Crippen LogP contribution in [0.3, 0.4) is 0 Å². The minimum Gasteiger partial charge on any atom is -0.377 e. The van der Waals surface area contributed by atoms with Crippen LogP contribution in [0.1, 0.15) is 65.2 Å². The zero-order valence-corrected chi connectivity index (χ0v) is 15.7. The van der Waals surface area contributed by atoms with Gasteiger partial charge in [-0.25, -0.2) is 0 Å². The Hall–Kier alpha value is -0.650. The summed E-state index contributed by atoms with van der Waals surface area (Å²) in [6.07, 6.45) is 8.98. The highest BCUT2D eigenvalue weighted by Crippen LogP contribution is 2.38. The van der Waals surface area contributed by atoms with E-state index in [0.29, 0.717) is 25.1 Å². The van der Waals surface area contributed by atoms with Crippen molar-refractivity contribution in [2.45, 2.75) is 77.4 Å². The predicted molar refractivity (Wildman–Crippen MR) is 97.9 cm³/mol. The summed E-state index contributed by atoms with van der Waals surface area (Å²) < 4.78 is 5.62. The molecule has 0 unspecified atom stereocenters. The van der Waals surface area contributed by atoms with Crippen LogP contribution < -0.4 is 11.1 Å². The van der Waals surface area contributed by atoms with Gasteiger partial charge in [-0.2, -0.15) is 0 Å². The minimum absolute atomic E-state index is 0.0667. The third-order valence-corrected chi connectivity index (χ3v) is 5.69. The van der Waals surface area contributed by atoms with Gasteiger partial charge in [-0.3, -0.25) is 4.79 Å². The van der Waals surface area contributed by atoms with E-state index < -0.39 is 0 Å². The van der Waals surface area contributed by atoms with Gasteiger partial charge in [0.2, 0.25) is 5.91 Å². The summed E-state index contributed by atoms with van der Waals surface area (Å²) in [4.78, 5) is 14.9. The van der Waals surface area contributed by atoms with Crippen molar-refractivity contribution < 1.29 is 9.53 Å². The van der Waals surface area contributed by atoms with E-state index in [1.54, 1.807) is 0 Å². The van der Waals surface area contributed by atoms with Crippen molar-refractivity contribution >= 4 is 5.91 Å². The standard InChI is InChI=1S/C19H37N3O2/c1-16(2)24-13-12-22-10-6-17(7-11-22)21-18(23)14-19(15-20)8-4-3-5-9-19/h16-17H,3-15,20H2,1-2H3,(H,21,23). The minimum atomic E-state index is 0.0667. The molecule has 0 aromatic heterocycles. The van der Waals surface area contributed by atoms with Crippen molar-refractivity contribution in [3.63, 3.8) is 0 Å². The van der Waals surface area contributed by atoms with Gasteiger partial charge in [0.15, 0.2) is 0 Å². The summed E-state index contributed by atoms with van der Waals surface area (Å²) in [5.41, 5.74) is 6.07. The number of piperidine rings is 1. The highest BCUT2D eigenvalue weighted by Gasteiger charge is 2.33. The van der Waals surface area contributed by atoms with E-state index in [9.17, 15) is 4.79 Å². The maximum absolute atomic E-state index is 12.5. The number of carbonyl (C=O) groups excluding carboxylic acids is 1. The van der Waals surface area contributed by atoms with E-state index in [-0.39, 0.29) is 11.3 Å². The number of ether oxygens (including phenoxy) is 1. The fourth-order valence-electron chi connectivity index (χ4n) is 4.09. The molecule has 0 aromatic rings. The normalized spacial score (nSPS) is 22.7. The van der Waals surface area contributed by atoms with E-state index >= 15 is 0 Å². The maximum Gasteiger partial charge on any atom is 0.220 e. The van der Waals surface area contributed by atoms with Crippen LogP contribution in [0.15, 0.2) is 0 Å². The van der Waals surface area contributed by atoms with Gasteiger partial charge < -0.3 is 20.7 Å². The van der Waals surface area contributed by atoms with Gasteiger partial charge in [-0.05, 0) is 51.5 Å². The number of hydrogen-bond acceptors (Lipinski definition) is 4. The Morgan fingerprint density at radius 1 is 1.25 bits per heavy atom. The summed E-state index contributed by atoms with van der Waals surface area (Å²) in [7, 11) is 0. The lowest BCUT2D eigenvalue weighted by atomic mass is 9.71. The van der Waals surface area contributed by atoms with Crippen LogP contribution in [0.2, 0.25) is 0 Å². The Kier molecular flexibility index (Phi) is 7.98. The quantitative estimate of drug-likeness (QED) is 0.712. The second-order valence-electron chi connectivity index (χ2n) is 8.04. The van der Waals surface area contributed by atoms with Crippen LogP contribution in [-0.4, -0.2) is 55.7 Å². The van der Waals surface area contributed by atoms with Gasteiger partial charge in [-0.15, -0.1) is 0 Å².